The van der Waals surface area contributed by atoms with E-state index in [4.69, 9.17) is 0 Å². The molecule has 2 aliphatic heterocycles. The van der Waals surface area contributed by atoms with Crippen molar-refractivity contribution < 1.29 is 19.2 Å². The number of likely N-dealkylation sites (tertiary alicyclic amines) is 2. The zero-order valence-corrected chi connectivity index (χ0v) is 23.8. The highest BCUT2D eigenvalue weighted by molar-refractivity contribution is 5.98. The normalized spacial score (nSPS) is 18.3. The summed E-state index contributed by atoms with van der Waals surface area (Å²) in [5.41, 5.74) is 4.26. The molecule has 2 N–H and O–H groups in total. The van der Waals surface area contributed by atoms with Crippen molar-refractivity contribution >= 4 is 47.2 Å². The molecule has 2 fully saturated rings. The second-order valence-corrected chi connectivity index (χ2v) is 10.8. The van der Waals surface area contributed by atoms with Crippen LogP contribution in [0.15, 0.2) is 78.9 Å². The lowest BCUT2D eigenvalue weighted by molar-refractivity contribution is -0.136. The van der Waals surface area contributed by atoms with Crippen LogP contribution in [0.1, 0.15) is 49.3 Å². The summed E-state index contributed by atoms with van der Waals surface area (Å²) in [7, 11) is 0. The molecule has 0 bridgehead atoms. The number of benzene rings is 3. The molecular formula is C34H36N4O4. The lowest BCUT2D eigenvalue weighted by Crippen LogP contribution is -2.43. The van der Waals surface area contributed by atoms with Gasteiger partial charge in [-0.2, -0.15) is 0 Å². The van der Waals surface area contributed by atoms with Crippen molar-refractivity contribution in [1.82, 2.24) is 9.80 Å². The largest absolute Gasteiger partial charge is 0.331 e. The highest BCUT2D eigenvalue weighted by Gasteiger charge is 2.34. The van der Waals surface area contributed by atoms with Crippen LogP contribution in [0.25, 0.3) is 12.2 Å². The third-order valence-corrected chi connectivity index (χ3v) is 7.86. The van der Waals surface area contributed by atoms with Crippen molar-refractivity contribution in [3.05, 3.63) is 95.6 Å². The SMILES string of the molecule is CC(=O)N1CCCC1C(=O)Nc1ccc(/C=C/c2ccc(NC(=O)[C@@H]3CCCN3C(=O)Cc3ccccc3)cc2)cc1. The van der Waals surface area contributed by atoms with Gasteiger partial charge in [0.15, 0.2) is 0 Å². The van der Waals surface area contributed by atoms with Crippen LogP contribution in [-0.4, -0.2) is 58.6 Å². The number of nitrogens with one attached hydrogen (secondary N) is 2. The Morgan fingerprint density at radius 1 is 0.690 bits per heavy atom. The first kappa shape index (κ1) is 28.8. The Balaban J connectivity index is 1.12. The van der Waals surface area contributed by atoms with Crippen molar-refractivity contribution in [3.8, 4) is 0 Å². The first-order valence-electron chi connectivity index (χ1n) is 14.5. The van der Waals surface area contributed by atoms with E-state index in [-0.39, 0.29) is 23.6 Å². The Morgan fingerprint density at radius 3 is 1.67 bits per heavy atom. The number of amides is 4. The van der Waals surface area contributed by atoms with Crippen LogP contribution in [0.5, 0.6) is 0 Å². The van der Waals surface area contributed by atoms with Gasteiger partial charge in [0.05, 0.1) is 6.42 Å². The molecule has 8 nitrogen and oxygen atoms in total. The molecule has 0 aromatic heterocycles. The number of nitrogens with zero attached hydrogens (tertiary/aromatic N) is 2. The predicted molar refractivity (Wildman–Crippen MR) is 164 cm³/mol. The van der Waals surface area contributed by atoms with Gasteiger partial charge in [-0.15, -0.1) is 0 Å². The van der Waals surface area contributed by atoms with Gasteiger partial charge in [0.25, 0.3) is 0 Å². The van der Waals surface area contributed by atoms with Crippen molar-refractivity contribution in [3.63, 3.8) is 0 Å². The van der Waals surface area contributed by atoms with Crippen molar-refractivity contribution in [2.45, 2.75) is 51.1 Å². The zero-order valence-electron chi connectivity index (χ0n) is 23.8. The number of hydrogen-bond acceptors (Lipinski definition) is 4. The van der Waals surface area contributed by atoms with Crippen LogP contribution in [0.3, 0.4) is 0 Å². The molecule has 216 valence electrons. The van der Waals surface area contributed by atoms with Crippen LogP contribution >= 0.6 is 0 Å². The van der Waals surface area contributed by atoms with Gasteiger partial charge in [-0.1, -0.05) is 66.7 Å². The van der Waals surface area contributed by atoms with Gasteiger partial charge in [-0.25, -0.2) is 0 Å². The van der Waals surface area contributed by atoms with Crippen molar-refractivity contribution in [1.29, 1.82) is 0 Å². The fourth-order valence-electron chi connectivity index (χ4n) is 5.62. The van der Waals surface area contributed by atoms with E-state index in [1.54, 1.807) is 9.80 Å². The van der Waals surface area contributed by atoms with Gasteiger partial charge in [-0.05, 0) is 66.6 Å². The van der Waals surface area contributed by atoms with Gasteiger partial charge in [0.1, 0.15) is 12.1 Å². The standard InChI is InChI=1S/C34H36N4O4/c1-24(39)37-21-5-9-30(37)33(41)35-28-17-13-25(14-18-28)11-12-26-15-19-29(20-16-26)36-34(42)31-10-6-22-38(31)32(40)23-27-7-3-2-4-8-27/h2-4,7-8,11-20,30-31H,5-6,9-10,21-23H2,1H3,(H,35,41)(H,36,42)/b12-11+/t30?,31-/m0/s1. The van der Waals surface area contributed by atoms with Crippen molar-refractivity contribution in [2.75, 3.05) is 23.7 Å². The molecule has 0 radical (unpaired) electrons. The van der Waals surface area contributed by atoms with Crippen molar-refractivity contribution in [2.24, 2.45) is 0 Å². The third-order valence-electron chi connectivity index (χ3n) is 7.86. The lowest BCUT2D eigenvalue weighted by atomic mass is 10.1. The molecule has 0 saturated carbocycles. The summed E-state index contributed by atoms with van der Waals surface area (Å²) < 4.78 is 0. The van der Waals surface area contributed by atoms with Gasteiger partial charge in [0.2, 0.25) is 23.6 Å². The molecule has 3 aromatic rings. The summed E-state index contributed by atoms with van der Waals surface area (Å²) in [4.78, 5) is 53.6. The molecule has 8 heteroatoms. The van der Waals surface area contributed by atoms with Crippen LogP contribution in [0.4, 0.5) is 11.4 Å². The van der Waals surface area contributed by atoms with Gasteiger partial charge in [-0.3, -0.25) is 19.2 Å². The van der Waals surface area contributed by atoms with E-state index in [2.05, 4.69) is 10.6 Å². The minimum atomic E-state index is -0.459. The third kappa shape index (κ3) is 7.13. The van der Waals surface area contributed by atoms with Crippen LogP contribution in [-0.2, 0) is 25.6 Å². The quantitative estimate of drug-likeness (QED) is 0.377. The number of carbonyl (C=O) groups excluding carboxylic acids is 4. The molecule has 2 atom stereocenters. The molecule has 0 aliphatic carbocycles. The summed E-state index contributed by atoms with van der Waals surface area (Å²) in [6.45, 7) is 2.72. The fraction of sp³-hybridized carbons (Fsp3) is 0.294. The molecule has 2 heterocycles. The van der Waals surface area contributed by atoms with Crippen LogP contribution in [0.2, 0.25) is 0 Å². The maximum Gasteiger partial charge on any atom is 0.247 e. The Hall–Kier alpha value is -4.72. The molecule has 4 amide bonds. The fourth-order valence-corrected chi connectivity index (χ4v) is 5.62. The zero-order chi connectivity index (χ0) is 29.5. The summed E-state index contributed by atoms with van der Waals surface area (Å²) in [6.07, 6.45) is 7.24. The number of anilines is 2. The Kier molecular flexibility index (Phi) is 9.12. The molecule has 1 unspecified atom stereocenters. The topological polar surface area (TPSA) is 98.8 Å². The van der Waals surface area contributed by atoms with E-state index >= 15 is 0 Å². The first-order valence-corrected chi connectivity index (χ1v) is 14.5. The van der Waals surface area contributed by atoms with E-state index < -0.39 is 12.1 Å². The Morgan fingerprint density at radius 2 is 1.17 bits per heavy atom. The number of rotatable bonds is 8. The van der Waals surface area contributed by atoms with Crippen LogP contribution in [0, 0.1) is 0 Å². The summed E-state index contributed by atoms with van der Waals surface area (Å²) in [6, 6.07) is 23.8. The van der Waals surface area contributed by atoms with Gasteiger partial charge >= 0.3 is 0 Å². The highest BCUT2D eigenvalue weighted by Crippen LogP contribution is 2.22. The van der Waals surface area contributed by atoms with Crippen LogP contribution < -0.4 is 10.6 Å². The lowest BCUT2D eigenvalue weighted by Gasteiger charge is -2.24. The Labute approximate surface area is 246 Å². The maximum absolute atomic E-state index is 13.0. The molecule has 2 aliphatic rings. The van der Waals surface area contributed by atoms with Gasteiger partial charge in [0, 0.05) is 31.4 Å². The average molecular weight is 565 g/mol. The second kappa shape index (κ2) is 13.3. The van der Waals surface area contributed by atoms with E-state index in [0.717, 1.165) is 29.5 Å². The number of hydrogen-bond donors (Lipinski definition) is 2. The van der Waals surface area contributed by atoms with E-state index in [0.29, 0.717) is 43.7 Å². The molecular weight excluding hydrogens is 528 g/mol. The molecule has 5 rings (SSSR count). The average Bonchev–Trinajstić information content (AvgIpc) is 3.69. The van der Waals surface area contributed by atoms with E-state index in [1.165, 1.54) is 6.92 Å². The molecule has 2 saturated heterocycles. The summed E-state index contributed by atoms with van der Waals surface area (Å²) in [5.74, 6) is -0.415. The van der Waals surface area contributed by atoms with Gasteiger partial charge < -0.3 is 20.4 Å². The predicted octanol–water partition coefficient (Wildman–Crippen LogP) is 4.98. The molecule has 42 heavy (non-hydrogen) atoms. The maximum atomic E-state index is 13.0. The Bertz CT molecular complexity index is 1450. The van der Waals surface area contributed by atoms with E-state index in [1.807, 2.05) is 91.0 Å². The second-order valence-electron chi connectivity index (χ2n) is 10.8. The first-order chi connectivity index (χ1) is 20.4. The minimum absolute atomic E-state index is 0.0248. The number of carbonyl (C=O) groups is 4. The molecule has 3 aromatic carbocycles. The summed E-state index contributed by atoms with van der Waals surface area (Å²) in [5, 5.41) is 5.89. The molecule has 0 spiro atoms. The smallest absolute Gasteiger partial charge is 0.247 e. The highest BCUT2D eigenvalue weighted by atomic mass is 16.2. The minimum Gasteiger partial charge on any atom is -0.331 e. The van der Waals surface area contributed by atoms with E-state index in [9.17, 15) is 19.2 Å². The summed E-state index contributed by atoms with van der Waals surface area (Å²) >= 11 is 0. The monoisotopic (exact) mass is 564 g/mol.